The molecule has 0 saturated carbocycles. The van der Waals surface area contributed by atoms with Gasteiger partial charge in [-0.05, 0) is 25.5 Å². The first-order valence-corrected chi connectivity index (χ1v) is 5.23. The quantitative estimate of drug-likeness (QED) is 0.885. The first kappa shape index (κ1) is 13.8. The van der Waals surface area contributed by atoms with Crippen LogP contribution in [0, 0.1) is 6.92 Å². The van der Waals surface area contributed by atoms with Crippen LogP contribution in [0.3, 0.4) is 0 Å². The average Bonchev–Trinajstić information content (AvgIpc) is 2.25. The van der Waals surface area contributed by atoms with Gasteiger partial charge in [-0.1, -0.05) is 11.6 Å². The van der Waals surface area contributed by atoms with Gasteiger partial charge in [0.15, 0.2) is 0 Å². The zero-order valence-corrected chi connectivity index (χ0v) is 9.71. The van der Waals surface area contributed by atoms with E-state index in [1.165, 1.54) is 7.11 Å². The zero-order valence-electron chi connectivity index (χ0n) is 9.71. The van der Waals surface area contributed by atoms with E-state index in [2.05, 4.69) is 0 Å². The Balaban J connectivity index is 2.80. The molecular formula is C12H15F3O2. The van der Waals surface area contributed by atoms with Gasteiger partial charge in [0.25, 0.3) is 0 Å². The summed E-state index contributed by atoms with van der Waals surface area (Å²) in [5.41, 5.74) is 1.27. The Labute approximate surface area is 98.0 Å². The lowest BCUT2D eigenvalue weighted by atomic mass is 10.0. The highest BCUT2D eigenvalue weighted by Crippen LogP contribution is 2.32. The van der Waals surface area contributed by atoms with E-state index in [9.17, 15) is 18.3 Å². The van der Waals surface area contributed by atoms with Gasteiger partial charge < -0.3 is 9.84 Å². The summed E-state index contributed by atoms with van der Waals surface area (Å²) in [6.45, 7) is 1.80. The average molecular weight is 248 g/mol. The molecule has 96 valence electrons. The predicted octanol–water partition coefficient (Wildman–Crippen LogP) is 3.38. The molecule has 1 aromatic carbocycles. The molecule has 0 radical (unpaired) electrons. The van der Waals surface area contributed by atoms with Crippen LogP contribution in [0.5, 0.6) is 5.75 Å². The summed E-state index contributed by atoms with van der Waals surface area (Å²) in [4.78, 5) is 0. The van der Waals surface area contributed by atoms with Crippen LogP contribution in [-0.2, 0) is 0 Å². The second-order valence-electron chi connectivity index (χ2n) is 3.92. The van der Waals surface area contributed by atoms with Crippen molar-refractivity contribution >= 4 is 0 Å². The lowest BCUT2D eigenvalue weighted by Crippen LogP contribution is -2.10. The molecule has 0 amide bonds. The second kappa shape index (κ2) is 5.40. The summed E-state index contributed by atoms with van der Waals surface area (Å²) in [5.74, 6) is 0.408. The lowest BCUT2D eigenvalue weighted by molar-refractivity contribution is -0.140. The van der Waals surface area contributed by atoms with Gasteiger partial charge in [0, 0.05) is 12.0 Å². The summed E-state index contributed by atoms with van der Waals surface area (Å²) >= 11 is 0. The van der Waals surface area contributed by atoms with Crippen molar-refractivity contribution in [2.75, 3.05) is 7.11 Å². The molecule has 0 aliphatic rings. The van der Waals surface area contributed by atoms with Crippen molar-refractivity contribution in [3.63, 3.8) is 0 Å². The highest BCUT2D eigenvalue weighted by atomic mass is 19.4. The minimum atomic E-state index is -4.25. The van der Waals surface area contributed by atoms with Gasteiger partial charge in [-0.3, -0.25) is 0 Å². The maximum Gasteiger partial charge on any atom is 0.389 e. The molecule has 5 heteroatoms. The molecule has 17 heavy (non-hydrogen) atoms. The van der Waals surface area contributed by atoms with Crippen LogP contribution in [0.2, 0.25) is 0 Å². The van der Waals surface area contributed by atoms with Crippen LogP contribution in [0.4, 0.5) is 13.2 Å². The molecule has 0 aliphatic carbocycles. The Morgan fingerprint density at radius 3 is 2.53 bits per heavy atom. The summed E-state index contributed by atoms with van der Waals surface area (Å²) in [5, 5.41) is 9.74. The molecule has 2 nitrogen and oxygen atoms in total. The number of aliphatic hydroxyl groups is 1. The fraction of sp³-hybridized carbons (Fsp3) is 0.500. The fourth-order valence-corrected chi connectivity index (χ4v) is 1.57. The van der Waals surface area contributed by atoms with E-state index < -0.39 is 18.7 Å². The number of rotatable bonds is 4. The first-order chi connectivity index (χ1) is 7.83. The number of aliphatic hydroxyl groups excluding tert-OH is 1. The van der Waals surface area contributed by atoms with E-state index in [0.717, 1.165) is 5.56 Å². The van der Waals surface area contributed by atoms with Crippen molar-refractivity contribution in [2.45, 2.75) is 32.0 Å². The highest BCUT2D eigenvalue weighted by molar-refractivity contribution is 5.38. The van der Waals surface area contributed by atoms with Crippen molar-refractivity contribution in [2.24, 2.45) is 0 Å². The number of ether oxygens (including phenoxy) is 1. The molecule has 0 aromatic heterocycles. The van der Waals surface area contributed by atoms with E-state index in [4.69, 9.17) is 4.74 Å². The van der Waals surface area contributed by atoms with Gasteiger partial charge in [0.05, 0.1) is 13.2 Å². The van der Waals surface area contributed by atoms with E-state index in [1.807, 2.05) is 0 Å². The Kier molecular flexibility index (Phi) is 4.40. The monoisotopic (exact) mass is 248 g/mol. The van der Waals surface area contributed by atoms with Gasteiger partial charge >= 0.3 is 6.18 Å². The van der Waals surface area contributed by atoms with Crippen molar-refractivity contribution < 1.29 is 23.0 Å². The molecule has 1 N–H and O–H groups in total. The lowest BCUT2D eigenvalue weighted by Gasteiger charge is -2.16. The number of alkyl halides is 3. The number of methoxy groups -OCH3 is 1. The van der Waals surface area contributed by atoms with Gasteiger partial charge in [-0.15, -0.1) is 0 Å². The number of hydrogen-bond donors (Lipinski definition) is 1. The van der Waals surface area contributed by atoms with Crippen LogP contribution in [0.1, 0.15) is 30.1 Å². The van der Waals surface area contributed by atoms with Crippen molar-refractivity contribution in [1.82, 2.24) is 0 Å². The van der Waals surface area contributed by atoms with Gasteiger partial charge in [-0.2, -0.15) is 13.2 Å². The third-order valence-corrected chi connectivity index (χ3v) is 2.45. The Bertz CT molecular complexity index is 375. The topological polar surface area (TPSA) is 29.5 Å². The molecule has 1 unspecified atom stereocenters. The van der Waals surface area contributed by atoms with Crippen molar-refractivity contribution in [1.29, 1.82) is 0 Å². The summed E-state index contributed by atoms with van der Waals surface area (Å²) < 4.78 is 41.2. The van der Waals surface area contributed by atoms with Crippen LogP contribution in [0.25, 0.3) is 0 Å². The van der Waals surface area contributed by atoms with Crippen LogP contribution >= 0.6 is 0 Å². The fourth-order valence-electron chi connectivity index (χ4n) is 1.57. The maximum absolute atomic E-state index is 12.1. The van der Waals surface area contributed by atoms with Crippen LogP contribution < -0.4 is 4.74 Å². The van der Waals surface area contributed by atoms with E-state index in [-0.39, 0.29) is 6.42 Å². The molecule has 0 heterocycles. The largest absolute Gasteiger partial charge is 0.496 e. The number of benzene rings is 1. The summed E-state index contributed by atoms with van der Waals surface area (Å²) in [7, 11) is 1.42. The number of aryl methyl sites for hydroxylation is 1. The van der Waals surface area contributed by atoms with Crippen molar-refractivity contribution in [3.05, 3.63) is 29.3 Å². The normalized spacial score (nSPS) is 13.5. The Hall–Kier alpha value is -1.23. The first-order valence-electron chi connectivity index (χ1n) is 5.23. The van der Waals surface area contributed by atoms with E-state index in [1.54, 1.807) is 25.1 Å². The van der Waals surface area contributed by atoms with Crippen molar-refractivity contribution in [3.8, 4) is 5.75 Å². The minimum absolute atomic E-state index is 0.358. The Morgan fingerprint density at radius 2 is 2.00 bits per heavy atom. The SMILES string of the molecule is COc1ccc(C)cc1C(O)CCC(F)(F)F. The van der Waals surface area contributed by atoms with Crippen LogP contribution in [0.15, 0.2) is 18.2 Å². The molecule has 0 bridgehead atoms. The van der Waals surface area contributed by atoms with Gasteiger partial charge in [0.1, 0.15) is 5.75 Å². The standard InChI is InChI=1S/C12H15F3O2/c1-8-3-4-11(17-2)9(7-8)10(16)5-6-12(13,14)15/h3-4,7,10,16H,5-6H2,1-2H3. The molecular weight excluding hydrogens is 233 g/mol. The second-order valence-corrected chi connectivity index (χ2v) is 3.92. The van der Waals surface area contributed by atoms with Crippen LogP contribution in [-0.4, -0.2) is 18.4 Å². The van der Waals surface area contributed by atoms with E-state index >= 15 is 0 Å². The third kappa shape index (κ3) is 4.26. The van der Waals surface area contributed by atoms with Gasteiger partial charge in [-0.25, -0.2) is 0 Å². The van der Waals surface area contributed by atoms with E-state index in [0.29, 0.717) is 11.3 Å². The molecule has 0 fully saturated rings. The maximum atomic E-state index is 12.1. The number of hydrogen-bond acceptors (Lipinski definition) is 2. The third-order valence-electron chi connectivity index (χ3n) is 2.45. The van der Waals surface area contributed by atoms with Gasteiger partial charge in [0.2, 0.25) is 0 Å². The molecule has 1 rings (SSSR count). The summed E-state index contributed by atoms with van der Waals surface area (Å²) in [6.07, 6.45) is -6.78. The molecule has 0 aliphatic heterocycles. The minimum Gasteiger partial charge on any atom is -0.496 e. The number of halogens is 3. The molecule has 1 aromatic rings. The Morgan fingerprint density at radius 1 is 1.35 bits per heavy atom. The molecule has 0 saturated heterocycles. The summed E-state index contributed by atoms with van der Waals surface area (Å²) in [6, 6.07) is 5.06. The highest BCUT2D eigenvalue weighted by Gasteiger charge is 2.28. The smallest absolute Gasteiger partial charge is 0.389 e. The molecule has 0 spiro atoms. The predicted molar refractivity (Wildman–Crippen MR) is 58.0 cm³/mol. The molecule has 1 atom stereocenters. The zero-order chi connectivity index (χ0) is 13.1.